The third-order valence-corrected chi connectivity index (χ3v) is 4.59. The van der Waals surface area contributed by atoms with Gasteiger partial charge < -0.3 is 20.1 Å². The van der Waals surface area contributed by atoms with Crippen molar-refractivity contribution in [3.63, 3.8) is 0 Å². The summed E-state index contributed by atoms with van der Waals surface area (Å²) >= 11 is 0. The van der Waals surface area contributed by atoms with Crippen molar-refractivity contribution >= 4 is 28.4 Å². The van der Waals surface area contributed by atoms with E-state index in [0.717, 1.165) is 18.2 Å². The van der Waals surface area contributed by atoms with Crippen LogP contribution in [0.25, 0.3) is 10.9 Å². The quantitative estimate of drug-likeness (QED) is 0.346. The van der Waals surface area contributed by atoms with E-state index in [1.807, 2.05) is 0 Å². The molecule has 0 spiro atoms. The molecule has 0 saturated heterocycles. The van der Waals surface area contributed by atoms with Crippen LogP contribution in [0.1, 0.15) is 21.0 Å². The number of aromatic amines is 1. The molecule has 3 N–H and O–H groups in total. The number of anilines is 1. The first-order valence-electron chi connectivity index (χ1n) is 9.84. The van der Waals surface area contributed by atoms with Gasteiger partial charge in [-0.2, -0.15) is 5.10 Å². The molecule has 0 fully saturated rings. The van der Waals surface area contributed by atoms with E-state index in [1.165, 1.54) is 43.6 Å². The summed E-state index contributed by atoms with van der Waals surface area (Å²) in [6.45, 7) is 0. The van der Waals surface area contributed by atoms with Gasteiger partial charge in [0.05, 0.1) is 5.52 Å². The number of H-pyrrole nitrogens is 1. The number of fused-ring (bicyclic) bond motifs is 1. The highest BCUT2D eigenvalue weighted by atomic mass is 19.4. The van der Waals surface area contributed by atoms with E-state index in [4.69, 9.17) is 4.74 Å². The predicted molar refractivity (Wildman–Crippen MR) is 115 cm³/mol. The lowest BCUT2D eigenvalue weighted by Crippen LogP contribution is -2.18. The number of carbonyl (C=O) groups excluding carboxylic acids is 2. The molecular weight excluding hydrogens is 474 g/mol. The molecule has 2 amide bonds. The van der Waals surface area contributed by atoms with Gasteiger partial charge in [-0.05, 0) is 36.4 Å². The first-order chi connectivity index (χ1) is 16.6. The Labute approximate surface area is 194 Å². The predicted octanol–water partition coefficient (Wildman–Crippen LogP) is 4.40. The lowest BCUT2D eigenvalue weighted by molar-refractivity contribution is -0.274. The third kappa shape index (κ3) is 5.46. The normalized spacial score (nSPS) is 11.2. The number of hydrogen-bond donors (Lipinski definition) is 3. The molecule has 0 bridgehead atoms. The summed E-state index contributed by atoms with van der Waals surface area (Å²) in [6.07, 6.45) is -3.58. The van der Waals surface area contributed by atoms with E-state index in [2.05, 4.69) is 30.6 Å². The number of carbonyl (C=O) groups is 2. The SMILES string of the molecule is CNC(=O)c1cc(Oc2ccc(NC(=O)c3n[nH]c4ccc(OC(F)(F)F)cc34)cc2F)ccn1. The Morgan fingerprint density at radius 3 is 2.51 bits per heavy atom. The van der Waals surface area contributed by atoms with Gasteiger partial charge in [-0.3, -0.25) is 19.7 Å². The number of pyridine rings is 1. The molecule has 0 aliphatic carbocycles. The van der Waals surface area contributed by atoms with Crippen molar-refractivity contribution in [3.8, 4) is 17.2 Å². The average molecular weight is 489 g/mol. The number of ether oxygens (including phenoxy) is 2. The first kappa shape index (κ1) is 23.5. The fourth-order valence-corrected chi connectivity index (χ4v) is 3.07. The van der Waals surface area contributed by atoms with Gasteiger partial charge in [-0.1, -0.05) is 0 Å². The number of nitrogens with one attached hydrogen (secondary N) is 3. The van der Waals surface area contributed by atoms with Gasteiger partial charge in [0.25, 0.3) is 11.8 Å². The number of amides is 2. The van der Waals surface area contributed by atoms with Gasteiger partial charge in [0.15, 0.2) is 17.3 Å². The fraction of sp³-hybridized carbons (Fsp3) is 0.0909. The van der Waals surface area contributed by atoms with Crippen LogP contribution < -0.4 is 20.1 Å². The van der Waals surface area contributed by atoms with Gasteiger partial charge in [0.2, 0.25) is 0 Å². The lowest BCUT2D eigenvalue weighted by Gasteiger charge is -2.10. The maximum atomic E-state index is 14.6. The number of nitrogens with zero attached hydrogens (tertiary/aromatic N) is 2. The monoisotopic (exact) mass is 489 g/mol. The number of aromatic nitrogens is 3. The Morgan fingerprint density at radius 1 is 1.00 bits per heavy atom. The summed E-state index contributed by atoms with van der Waals surface area (Å²) in [7, 11) is 1.44. The maximum absolute atomic E-state index is 14.6. The van der Waals surface area contributed by atoms with Crippen molar-refractivity contribution in [3.05, 3.63) is 71.9 Å². The number of halogens is 4. The molecule has 0 aliphatic heterocycles. The van der Waals surface area contributed by atoms with E-state index in [9.17, 15) is 27.2 Å². The van der Waals surface area contributed by atoms with Gasteiger partial charge in [-0.25, -0.2) is 4.39 Å². The van der Waals surface area contributed by atoms with Crippen molar-refractivity contribution < 1.29 is 36.6 Å². The van der Waals surface area contributed by atoms with E-state index in [-0.39, 0.29) is 34.0 Å². The molecule has 2 aromatic heterocycles. The molecular formula is C22H15F4N5O4. The summed E-state index contributed by atoms with van der Waals surface area (Å²) < 4.78 is 61.4. The molecule has 0 atom stereocenters. The van der Waals surface area contributed by atoms with Crippen molar-refractivity contribution in [2.75, 3.05) is 12.4 Å². The molecule has 0 radical (unpaired) electrons. The third-order valence-electron chi connectivity index (χ3n) is 4.59. The minimum atomic E-state index is -4.90. The lowest BCUT2D eigenvalue weighted by atomic mass is 10.2. The highest BCUT2D eigenvalue weighted by Gasteiger charge is 2.31. The first-order valence-corrected chi connectivity index (χ1v) is 9.84. The summed E-state index contributed by atoms with van der Waals surface area (Å²) in [5.74, 6) is -2.61. The Hall–Kier alpha value is -4.68. The van der Waals surface area contributed by atoms with Gasteiger partial charge in [0.1, 0.15) is 17.2 Å². The molecule has 0 saturated carbocycles. The van der Waals surface area contributed by atoms with Crippen LogP contribution in [0.2, 0.25) is 0 Å². The average Bonchev–Trinajstić information content (AvgIpc) is 3.23. The fourth-order valence-electron chi connectivity index (χ4n) is 3.07. The molecule has 4 aromatic rings. The van der Waals surface area contributed by atoms with Crippen molar-refractivity contribution in [2.45, 2.75) is 6.36 Å². The van der Waals surface area contributed by atoms with E-state index in [0.29, 0.717) is 5.52 Å². The van der Waals surface area contributed by atoms with E-state index in [1.54, 1.807) is 0 Å². The second-order valence-electron chi connectivity index (χ2n) is 6.98. The van der Waals surface area contributed by atoms with Crippen molar-refractivity contribution in [2.24, 2.45) is 0 Å². The Bertz CT molecular complexity index is 1420. The number of hydrogen-bond acceptors (Lipinski definition) is 6. The molecule has 13 heteroatoms. The highest BCUT2D eigenvalue weighted by molar-refractivity contribution is 6.11. The maximum Gasteiger partial charge on any atom is 0.573 e. The van der Waals surface area contributed by atoms with Crippen LogP contribution in [0.3, 0.4) is 0 Å². The van der Waals surface area contributed by atoms with Crippen molar-refractivity contribution in [1.29, 1.82) is 0 Å². The Morgan fingerprint density at radius 2 is 1.80 bits per heavy atom. The topological polar surface area (TPSA) is 118 Å². The molecule has 4 rings (SSSR count). The van der Waals surface area contributed by atoms with Crippen LogP contribution in [0.4, 0.5) is 23.2 Å². The molecule has 0 unspecified atom stereocenters. The number of alkyl halides is 3. The summed E-state index contributed by atoms with van der Waals surface area (Å²) in [4.78, 5) is 28.2. The van der Waals surface area contributed by atoms with Crippen LogP contribution in [0.5, 0.6) is 17.2 Å². The van der Waals surface area contributed by atoms with Crippen molar-refractivity contribution in [1.82, 2.24) is 20.5 Å². The number of rotatable bonds is 6. The smallest absolute Gasteiger partial charge is 0.454 e. The van der Waals surface area contributed by atoms with Crippen LogP contribution in [0.15, 0.2) is 54.7 Å². The van der Waals surface area contributed by atoms with Crippen LogP contribution in [0, 0.1) is 5.82 Å². The second kappa shape index (κ2) is 9.29. The zero-order valence-electron chi connectivity index (χ0n) is 17.7. The van der Waals surface area contributed by atoms with Crippen LogP contribution in [-0.2, 0) is 0 Å². The Balaban J connectivity index is 1.51. The minimum absolute atomic E-state index is 0.0412. The van der Waals surface area contributed by atoms with E-state index < -0.39 is 29.7 Å². The van der Waals surface area contributed by atoms with Gasteiger partial charge >= 0.3 is 6.36 Å². The molecule has 2 heterocycles. The molecule has 9 nitrogen and oxygen atoms in total. The highest BCUT2D eigenvalue weighted by Crippen LogP contribution is 2.29. The molecule has 2 aromatic carbocycles. The van der Waals surface area contributed by atoms with Crippen LogP contribution in [-0.4, -0.2) is 40.4 Å². The minimum Gasteiger partial charge on any atom is -0.454 e. The van der Waals surface area contributed by atoms with E-state index >= 15 is 0 Å². The number of benzene rings is 2. The van der Waals surface area contributed by atoms with Gasteiger partial charge in [-0.15, -0.1) is 13.2 Å². The molecule has 180 valence electrons. The summed E-state index contributed by atoms with van der Waals surface area (Å²) in [5, 5.41) is 11.3. The standard InChI is InChI=1S/C22H15F4N5O4/c1-27-20(32)17-10-12(6-7-28-17)34-18-5-2-11(8-15(18)23)29-21(33)19-14-9-13(35-22(24,25)26)3-4-16(14)30-31-19/h2-10H,1H3,(H,27,32)(H,29,33)(H,30,31). The zero-order valence-corrected chi connectivity index (χ0v) is 17.7. The molecule has 35 heavy (non-hydrogen) atoms. The largest absolute Gasteiger partial charge is 0.573 e. The second-order valence-corrected chi connectivity index (χ2v) is 6.98. The summed E-state index contributed by atoms with van der Waals surface area (Å²) in [5.41, 5.74) is 0.198. The Kier molecular flexibility index (Phi) is 6.23. The zero-order chi connectivity index (χ0) is 25.2. The van der Waals surface area contributed by atoms with Crippen LogP contribution >= 0.6 is 0 Å². The van der Waals surface area contributed by atoms with Gasteiger partial charge in [0, 0.05) is 36.5 Å². The molecule has 0 aliphatic rings. The summed E-state index contributed by atoms with van der Waals surface area (Å²) in [6, 6.07) is 9.72.